The summed E-state index contributed by atoms with van der Waals surface area (Å²) in [6, 6.07) is 6.52. The van der Waals surface area contributed by atoms with Gasteiger partial charge < -0.3 is 5.73 Å². The van der Waals surface area contributed by atoms with Gasteiger partial charge in [0.1, 0.15) is 4.90 Å². The van der Waals surface area contributed by atoms with E-state index in [1.807, 2.05) is 0 Å². The van der Waals surface area contributed by atoms with Crippen molar-refractivity contribution in [2.75, 3.05) is 11.3 Å². The third kappa shape index (κ3) is 3.36. The zero-order valence-corrected chi connectivity index (χ0v) is 12.4. The number of hydrogen-bond donors (Lipinski definition) is 2. The molecule has 0 amide bonds. The summed E-state index contributed by atoms with van der Waals surface area (Å²) in [5.74, 6) is 5.42. The van der Waals surface area contributed by atoms with Crippen LogP contribution < -0.4 is 10.5 Å². The van der Waals surface area contributed by atoms with Crippen molar-refractivity contribution in [1.29, 1.82) is 0 Å². The molecule has 0 saturated carbocycles. The Kier molecular flexibility index (Phi) is 4.39. The zero-order valence-electron chi connectivity index (χ0n) is 10.8. The highest BCUT2D eigenvalue weighted by Crippen LogP contribution is 2.21. The first-order valence-corrected chi connectivity index (χ1v) is 8.12. The van der Waals surface area contributed by atoms with Crippen LogP contribution in [0.3, 0.4) is 0 Å². The van der Waals surface area contributed by atoms with Crippen molar-refractivity contribution in [3.8, 4) is 11.8 Å². The lowest BCUT2D eigenvalue weighted by atomic mass is 10.2. The summed E-state index contributed by atoms with van der Waals surface area (Å²) in [6.07, 6.45) is 0. The molecule has 0 unspecified atom stereocenters. The predicted molar refractivity (Wildman–Crippen MR) is 80.0 cm³/mol. The fourth-order valence-electron chi connectivity index (χ4n) is 1.52. The van der Waals surface area contributed by atoms with E-state index in [0.717, 1.165) is 5.69 Å². The monoisotopic (exact) mass is 307 g/mol. The van der Waals surface area contributed by atoms with Crippen molar-refractivity contribution < 1.29 is 8.42 Å². The van der Waals surface area contributed by atoms with Gasteiger partial charge in [0.2, 0.25) is 0 Å². The highest BCUT2D eigenvalue weighted by atomic mass is 32.2. The number of hydrogen-bond acceptors (Lipinski definition) is 5. The van der Waals surface area contributed by atoms with Crippen molar-refractivity contribution in [1.82, 2.24) is 4.98 Å². The molecule has 2 rings (SSSR count). The van der Waals surface area contributed by atoms with Crippen LogP contribution in [0.25, 0.3) is 0 Å². The molecular formula is C13H13N3O2S2. The van der Waals surface area contributed by atoms with Crippen LogP contribution in [0.1, 0.15) is 11.3 Å². The largest absolute Gasteiger partial charge is 0.320 e. The van der Waals surface area contributed by atoms with Gasteiger partial charge in [0.15, 0.2) is 5.13 Å². The Morgan fingerprint density at radius 1 is 1.40 bits per heavy atom. The lowest BCUT2D eigenvalue weighted by molar-refractivity contribution is 0.601. The summed E-state index contributed by atoms with van der Waals surface area (Å²) in [7, 11) is -3.71. The summed E-state index contributed by atoms with van der Waals surface area (Å²) in [5.41, 5.74) is 6.50. The first-order chi connectivity index (χ1) is 9.53. The van der Waals surface area contributed by atoms with Crippen LogP contribution >= 0.6 is 11.3 Å². The number of nitrogens with one attached hydrogen (secondary N) is 1. The summed E-state index contributed by atoms with van der Waals surface area (Å²) >= 11 is 1.24. The number of sulfonamides is 1. The van der Waals surface area contributed by atoms with E-state index >= 15 is 0 Å². The van der Waals surface area contributed by atoms with Crippen molar-refractivity contribution in [3.05, 3.63) is 40.9 Å². The normalized spacial score (nSPS) is 10.7. The minimum atomic E-state index is -3.71. The maximum atomic E-state index is 12.4. The molecule has 2 aromatic rings. The van der Waals surface area contributed by atoms with Gasteiger partial charge in [-0.3, -0.25) is 4.72 Å². The molecule has 0 spiro atoms. The third-order valence-electron chi connectivity index (χ3n) is 2.34. The minimum absolute atomic E-state index is 0.119. The molecule has 1 aromatic carbocycles. The second-order valence-corrected chi connectivity index (χ2v) is 6.41. The fourth-order valence-corrected chi connectivity index (χ4v) is 3.63. The Balaban J connectivity index is 2.39. The number of thiazole rings is 1. The number of benzene rings is 1. The smallest absolute Gasteiger partial charge is 0.264 e. The molecule has 1 aromatic heterocycles. The van der Waals surface area contributed by atoms with E-state index in [1.54, 1.807) is 30.5 Å². The van der Waals surface area contributed by atoms with E-state index in [9.17, 15) is 8.42 Å². The second kappa shape index (κ2) is 6.05. The summed E-state index contributed by atoms with van der Waals surface area (Å²) in [6.45, 7) is 1.97. The van der Waals surface area contributed by atoms with E-state index in [-0.39, 0.29) is 11.4 Å². The van der Waals surface area contributed by atoms with Crippen LogP contribution in [0.5, 0.6) is 0 Å². The molecule has 1 heterocycles. The maximum absolute atomic E-state index is 12.4. The van der Waals surface area contributed by atoms with E-state index in [1.165, 1.54) is 17.4 Å². The number of nitrogens with zero attached hydrogens (tertiary/aromatic N) is 1. The SMILES string of the molecule is Cc1csc(NS(=O)(=O)c2ccccc2C#CCN)n1. The molecule has 0 fully saturated rings. The van der Waals surface area contributed by atoms with Crippen LogP contribution in [-0.4, -0.2) is 19.9 Å². The van der Waals surface area contributed by atoms with Crippen LogP contribution in [-0.2, 0) is 10.0 Å². The minimum Gasteiger partial charge on any atom is -0.320 e. The molecule has 5 nitrogen and oxygen atoms in total. The summed E-state index contributed by atoms with van der Waals surface area (Å²) < 4.78 is 27.2. The quantitative estimate of drug-likeness (QED) is 0.843. The number of aryl methyl sites for hydroxylation is 1. The molecule has 3 N–H and O–H groups in total. The Morgan fingerprint density at radius 2 is 2.15 bits per heavy atom. The highest BCUT2D eigenvalue weighted by Gasteiger charge is 2.18. The Morgan fingerprint density at radius 3 is 2.80 bits per heavy atom. The van der Waals surface area contributed by atoms with Gasteiger partial charge in [-0.2, -0.15) is 0 Å². The van der Waals surface area contributed by atoms with Gasteiger partial charge in [0.25, 0.3) is 10.0 Å². The number of rotatable bonds is 3. The molecule has 0 radical (unpaired) electrons. The molecule has 0 atom stereocenters. The van der Waals surface area contributed by atoms with Gasteiger partial charge in [-0.25, -0.2) is 13.4 Å². The van der Waals surface area contributed by atoms with Gasteiger partial charge in [0.05, 0.1) is 12.2 Å². The molecule has 7 heteroatoms. The first kappa shape index (κ1) is 14.5. The van der Waals surface area contributed by atoms with Crippen LogP contribution in [0.15, 0.2) is 34.5 Å². The fraction of sp³-hybridized carbons (Fsp3) is 0.154. The lowest BCUT2D eigenvalue weighted by Crippen LogP contribution is -2.14. The van der Waals surface area contributed by atoms with Crippen molar-refractivity contribution in [3.63, 3.8) is 0 Å². The molecule has 0 bridgehead atoms. The molecular weight excluding hydrogens is 294 g/mol. The Bertz CT molecular complexity index is 770. The van der Waals surface area contributed by atoms with Crippen LogP contribution in [0.2, 0.25) is 0 Å². The number of aromatic nitrogens is 1. The summed E-state index contributed by atoms with van der Waals surface area (Å²) in [5, 5.41) is 2.11. The molecule has 0 aliphatic carbocycles. The third-order valence-corrected chi connectivity index (χ3v) is 4.74. The van der Waals surface area contributed by atoms with Gasteiger partial charge in [-0.15, -0.1) is 11.3 Å². The van der Waals surface area contributed by atoms with Gasteiger partial charge in [0, 0.05) is 10.9 Å². The average Bonchev–Trinajstić information content (AvgIpc) is 2.81. The standard InChI is InChI=1S/C13H13N3O2S2/c1-10-9-19-13(15-10)16-20(17,18)12-7-3-2-5-11(12)6-4-8-14/h2-3,5,7,9H,8,14H2,1H3,(H,15,16). The van der Waals surface area contributed by atoms with Crippen LogP contribution in [0.4, 0.5) is 5.13 Å². The van der Waals surface area contributed by atoms with Crippen LogP contribution in [0, 0.1) is 18.8 Å². The molecule has 0 aliphatic rings. The topological polar surface area (TPSA) is 85.1 Å². The van der Waals surface area contributed by atoms with E-state index in [0.29, 0.717) is 10.7 Å². The lowest BCUT2D eigenvalue weighted by Gasteiger charge is -2.07. The average molecular weight is 307 g/mol. The van der Waals surface area contributed by atoms with Gasteiger partial charge in [-0.05, 0) is 19.1 Å². The molecule has 20 heavy (non-hydrogen) atoms. The summed E-state index contributed by atoms with van der Waals surface area (Å²) in [4.78, 5) is 4.20. The highest BCUT2D eigenvalue weighted by molar-refractivity contribution is 7.93. The Hall–Kier alpha value is -1.88. The zero-order chi connectivity index (χ0) is 14.6. The van der Waals surface area contributed by atoms with Crippen molar-refractivity contribution in [2.24, 2.45) is 5.73 Å². The number of nitrogens with two attached hydrogens (primary N) is 1. The molecule has 104 valence electrons. The van der Waals surface area contributed by atoms with Crippen molar-refractivity contribution in [2.45, 2.75) is 11.8 Å². The van der Waals surface area contributed by atoms with E-state index < -0.39 is 10.0 Å². The van der Waals surface area contributed by atoms with E-state index in [4.69, 9.17) is 5.73 Å². The molecule has 0 aliphatic heterocycles. The molecule has 0 saturated heterocycles. The van der Waals surface area contributed by atoms with Gasteiger partial charge >= 0.3 is 0 Å². The first-order valence-electron chi connectivity index (χ1n) is 5.76. The number of anilines is 1. The maximum Gasteiger partial charge on any atom is 0.264 e. The van der Waals surface area contributed by atoms with Crippen molar-refractivity contribution >= 4 is 26.5 Å². The van der Waals surface area contributed by atoms with Gasteiger partial charge in [-0.1, -0.05) is 24.0 Å². The predicted octanol–water partition coefficient (Wildman–Crippen LogP) is 1.56. The Labute approximate surface area is 121 Å². The second-order valence-electron chi connectivity index (χ2n) is 3.90. The van der Waals surface area contributed by atoms with E-state index in [2.05, 4.69) is 21.5 Å².